The zero-order chi connectivity index (χ0) is 18.4. The molecular formula is C19H15F4NO2. The smallest absolute Gasteiger partial charge is 0.288 e. The zero-order valence-corrected chi connectivity index (χ0v) is 13.6. The van der Waals surface area contributed by atoms with Crippen LogP contribution in [0.2, 0.25) is 0 Å². The second-order valence-electron chi connectivity index (χ2n) is 7.85. The summed E-state index contributed by atoms with van der Waals surface area (Å²) in [7, 11) is 0. The molecule has 26 heavy (non-hydrogen) atoms. The van der Waals surface area contributed by atoms with Gasteiger partial charge in [-0.3, -0.25) is 4.79 Å². The molecule has 0 spiro atoms. The van der Waals surface area contributed by atoms with Crippen LogP contribution in [0.4, 0.5) is 17.6 Å². The molecule has 3 saturated carbocycles. The van der Waals surface area contributed by atoms with Gasteiger partial charge in [-0.15, -0.1) is 0 Å². The highest BCUT2D eigenvalue weighted by molar-refractivity contribution is 5.43. The van der Waals surface area contributed by atoms with Gasteiger partial charge < -0.3 is 9.72 Å². The van der Waals surface area contributed by atoms with E-state index in [1.807, 2.05) is 0 Å². The maximum absolute atomic E-state index is 15.4. The Kier molecular flexibility index (Phi) is 2.82. The molecule has 1 aliphatic heterocycles. The van der Waals surface area contributed by atoms with Crippen molar-refractivity contribution in [2.24, 2.45) is 5.41 Å². The fraction of sp³-hybridized carbons (Fsp3) is 0.421. The van der Waals surface area contributed by atoms with Crippen LogP contribution in [0.25, 0.3) is 0 Å². The molecule has 1 aromatic carbocycles. The molecule has 1 N–H and O–H groups in total. The van der Waals surface area contributed by atoms with Crippen molar-refractivity contribution in [3.05, 3.63) is 69.6 Å². The number of benzene rings is 1. The summed E-state index contributed by atoms with van der Waals surface area (Å²) < 4.78 is 63.2. The molecule has 7 heteroatoms. The molecule has 2 aromatic rings. The van der Waals surface area contributed by atoms with E-state index in [4.69, 9.17) is 4.74 Å². The highest BCUT2D eigenvalue weighted by Crippen LogP contribution is 2.81. The predicted octanol–water partition coefficient (Wildman–Crippen LogP) is 3.64. The molecule has 1 saturated heterocycles. The number of hydrogen-bond donors (Lipinski definition) is 1. The van der Waals surface area contributed by atoms with Crippen molar-refractivity contribution in [2.75, 3.05) is 6.61 Å². The third-order valence-electron chi connectivity index (χ3n) is 6.40. The second-order valence-corrected chi connectivity index (χ2v) is 7.85. The van der Waals surface area contributed by atoms with E-state index in [-0.39, 0.29) is 42.4 Å². The van der Waals surface area contributed by atoms with Gasteiger partial charge in [-0.25, -0.2) is 17.6 Å². The van der Waals surface area contributed by atoms with E-state index in [0.29, 0.717) is 6.07 Å². The van der Waals surface area contributed by atoms with Gasteiger partial charge in [-0.2, -0.15) is 0 Å². The maximum Gasteiger partial charge on any atom is 0.288 e. The first-order chi connectivity index (χ1) is 12.2. The summed E-state index contributed by atoms with van der Waals surface area (Å²) in [5.41, 5.74) is -3.30. The van der Waals surface area contributed by atoms with Gasteiger partial charge in [0.05, 0.1) is 6.61 Å². The summed E-state index contributed by atoms with van der Waals surface area (Å²) >= 11 is 0. The van der Waals surface area contributed by atoms with E-state index in [1.165, 1.54) is 6.07 Å². The first kappa shape index (κ1) is 16.1. The van der Waals surface area contributed by atoms with Gasteiger partial charge in [0, 0.05) is 29.3 Å². The van der Waals surface area contributed by atoms with Crippen molar-refractivity contribution in [3.63, 3.8) is 0 Å². The number of rotatable bonds is 4. The molecule has 136 valence electrons. The van der Waals surface area contributed by atoms with Gasteiger partial charge in [-0.05, 0) is 42.4 Å². The lowest BCUT2D eigenvalue weighted by atomic mass is 9.31. The summed E-state index contributed by atoms with van der Waals surface area (Å²) in [4.78, 5) is 13.8. The van der Waals surface area contributed by atoms with Gasteiger partial charge >= 0.3 is 0 Å². The second kappa shape index (κ2) is 4.57. The van der Waals surface area contributed by atoms with E-state index < -0.39 is 28.6 Å². The summed E-state index contributed by atoms with van der Waals surface area (Å²) in [5.74, 6) is -5.08. The zero-order valence-electron chi connectivity index (χ0n) is 13.6. The Morgan fingerprint density at radius 1 is 1.08 bits per heavy atom. The van der Waals surface area contributed by atoms with Gasteiger partial charge in [0.15, 0.2) is 5.60 Å². The average molecular weight is 365 g/mol. The third-order valence-corrected chi connectivity index (χ3v) is 6.40. The van der Waals surface area contributed by atoms with Crippen molar-refractivity contribution in [2.45, 2.75) is 36.2 Å². The Balaban J connectivity index is 1.45. The first-order valence-corrected chi connectivity index (χ1v) is 8.40. The van der Waals surface area contributed by atoms with Crippen LogP contribution in [-0.4, -0.2) is 17.5 Å². The minimum atomic E-state index is -3.26. The van der Waals surface area contributed by atoms with Crippen LogP contribution in [0.5, 0.6) is 0 Å². The molecule has 1 aromatic heterocycles. The molecule has 6 rings (SSSR count). The Bertz CT molecular complexity index is 939. The molecular weight excluding hydrogens is 350 g/mol. The van der Waals surface area contributed by atoms with Crippen LogP contribution >= 0.6 is 0 Å². The molecule has 3 aliphatic carbocycles. The van der Waals surface area contributed by atoms with E-state index >= 15 is 8.78 Å². The van der Waals surface area contributed by atoms with Crippen LogP contribution in [0.3, 0.4) is 0 Å². The van der Waals surface area contributed by atoms with Crippen molar-refractivity contribution >= 4 is 0 Å². The molecule has 4 fully saturated rings. The largest absolute Gasteiger partial charge is 0.358 e. The first-order valence-electron chi connectivity index (χ1n) is 8.40. The fourth-order valence-corrected chi connectivity index (χ4v) is 4.99. The van der Waals surface area contributed by atoms with Crippen molar-refractivity contribution in [3.8, 4) is 0 Å². The monoisotopic (exact) mass is 365 g/mol. The minimum absolute atomic E-state index is 0.238. The molecule has 2 heterocycles. The van der Waals surface area contributed by atoms with Gasteiger partial charge in [0.1, 0.15) is 11.6 Å². The van der Waals surface area contributed by atoms with E-state index in [0.717, 1.165) is 17.7 Å². The molecule has 0 radical (unpaired) electrons. The lowest BCUT2D eigenvalue weighted by molar-refractivity contribution is -0.306. The highest BCUT2D eigenvalue weighted by Gasteiger charge is 2.85. The summed E-state index contributed by atoms with van der Waals surface area (Å²) in [5, 5.41) is 0. The molecule has 1 unspecified atom stereocenters. The van der Waals surface area contributed by atoms with Gasteiger partial charge in [0.25, 0.3) is 5.92 Å². The lowest BCUT2D eigenvalue weighted by Crippen LogP contribution is -2.74. The topological polar surface area (TPSA) is 45.4 Å². The lowest BCUT2D eigenvalue weighted by Gasteiger charge is -2.73. The number of halogens is 4. The van der Waals surface area contributed by atoms with Crippen LogP contribution in [0.15, 0.2) is 41.3 Å². The normalized spacial score (nSPS) is 34.8. The Morgan fingerprint density at radius 2 is 1.77 bits per heavy atom. The SMILES string of the molecule is O=c1ccc(C23CC(C(F)(F)C4(c5ccc(F)cc5F)CO4)(C2)C3)c[nH]1. The number of pyridine rings is 1. The third kappa shape index (κ3) is 1.74. The van der Waals surface area contributed by atoms with E-state index in [9.17, 15) is 13.6 Å². The number of nitrogens with one attached hydrogen (secondary N) is 1. The Morgan fingerprint density at radius 3 is 2.31 bits per heavy atom. The fourth-order valence-electron chi connectivity index (χ4n) is 4.99. The van der Waals surface area contributed by atoms with Crippen LogP contribution in [-0.2, 0) is 15.8 Å². The summed E-state index contributed by atoms with van der Waals surface area (Å²) in [6.07, 6.45) is 2.35. The average Bonchev–Trinajstić information content (AvgIpc) is 3.28. The number of epoxide rings is 1. The Hall–Kier alpha value is -2.15. The van der Waals surface area contributed by atoms with Gasteiger partial charge in [-0.1, -0.05) is 6.07 Å². The number of aromatic nitrogens is 1. The maximum atomic E-state index is 15.4. The van der Waals surface area contributed by atoms with Crippen LogP contribution in [0, 0.1) is 17.0 Å². The number of aromatic amines is 1. The Labute approximate surface area is 146 Å². The molecule has 0 amide bonds. The standard InChI is InChI=1S/C19H15F4NO2/c20-12-2-3-13(14(21)5-12)18(10-26-18)19(22,23)17-7-16(8-17,9-17)11-1-4-15(25)24-6-11/h1-6H,7-10H2,(H,24,25). The van der Waals surface area contributed by atoms with E-state index in [2.05, 4.69) is 4.98 Å². The number of ether oxygens (including phenoxy) is 1. The van der Waals surface area contributed by atoms with Crippen molar-refractivity contribution in [1.82, 2.24) is 4.98 Å². The quantitative estimate of drug-likeness (QED) is 0.664. The molecule has 3 nitrogen and oxygen atoms in total. The number of H-pyrrole nitrogens is 1. The molecule has 1 atom stereocenters. The molecule has 4 aliphatic rings. The summed E-state index contributed by atoms with van der Waals surface area (Å²) in [6.45, 7) is -0.282. The number of hydrogen-bond acceptors (Lipinski definition) is 2. The van der Waals surface area contributed by atoms with Crippen LogP contribution < -0.4 is 5.56 Å². The predicted molar refractivity (Wildman–Crippen MR) is 84.0 cm³/mol. The van der Waals surface area contributed by atoms with Crippen molar-refractivity contribution in [1.29, 1.82) is 0 Å². The minimum Gasteiger partial charge on any atom is -0.358 e. The number of alkyl halides is 2. The van der Waals surface area contributed by atoms with E-state index in [1.54, 1.807) is 12.3 Å². The van der Waals surface area contributed by atoms with Crippen molar-refractivity contribution < 1.29 is 22.3 Å². The molecule has 2 bridgehead atoms. The van der Waals surface area contributed by atoms with Crippen LogP contribution in [0.1, 0.15) is 30.4 Å². The summed E-state index contributed by atoms with van der Waals surface area (Å²) in [6, 6.07) is 5.69. The highest BCUT2D eigenvalue weighted by atomic mass is 19.3. The van der Waals surface area contributed by atoms with Gasteiger partial charge in [0.2, 0.25) is 5.56 Å².